The SMILES string of the molecule is COc1ccc([C@@H](O)/C(=C/C(C)(C)C)C(=O)C(C)(C)OC(=O)N(C(C)C)C(C)C)cc1. The van der Waals surface area contributed by atoms with E-state index < -0.39 is 23.6 Å². The Hall–Kier alpha value is -2.34. The number of hydrogen-bond donors (Lipinski definition) is 1. The zero-order valence-electron chi connectivity index (χ0n) is 20.6. The van der Waals surface area contributed by atoms with Crippen molar-refractivity contribution in [3.8, 4) is 5.75 Å². The van der Waals surface area contributed by atoms with Gasteiger partial charge in [0.05, 0.1) is 7.11 Å². The number of aliphatic hydroxyl groups is 1. The number of benzene rings is 1. The van der Waals surface area contributed by atoms with Gasteiger partial charge in [0.1, 0.15) is 11.9 Å². The maximum absolute atomic E-state index is 13.5. The highest BCUT2D eigenvalue weighted by Gasteiger charge is 2.39. The van der Waals surface area contributed by atoms with Gasteiger partial charge in [-0.2, -0.15) is 0 Å². The fourth-order valence-corrected chi connectivity index (χ4v) is 3.38. The van der Waals surface area contributed by atoms with Crippen LogP contribution in [0.5, 0.6) is 5.75 Å². The van der Waals surface area contributed by atoms with E-state index in [1.54, 1.807) is 56.2 Å². The highest BCUT2D eigenvalue weighted by atomic mass is 16.6. The predicted octanol–water partition coefficient (Wildman–Crippen LogP) is 5.30. The lowest BCUT2D eigenvalue weighted by atomic mass is 9.84. The fourth-order valence-electron chi connectivity index (χ4n) is 3.38. The molecule has 1 aromatic rings. The van der Waals surface area contributed by atoms with Gasteiger partial charge in [0.15, 0.2) is 5.60 Å². The van der Waals surface area contributed by atoms with Gasteiger partial charge in [0, 0.05) is 17.7 Å². The van der Waals surface area contributed by atoms with E-state index in [-0.39, 0.29) is 23.1 Å². The van der Waals surface area contributed by atoms with Crippen molar-refractivity contribution in [3.05, 3.63) is 41.5 Å². The average molecular weight is 434 g/mol. The Morgan fingerprint density at radius 3 is 1.84 bits per heavy atom. The van der Waals surface area contributed by atoms with Gasteiger partial charge in [-0.1, -0.05) is 39.0 Å². The molecule has 0 fully saturated rings. The number of Topliss-reactive ketones (excluding diaryl/α,β-unsaturated/α-hetero) is 1. The van der Waals surface area contributed by atoms with E-state index in [0.717, 1.165) is 0 Å². The highest BCUT2D eigenvalue weighted by molar-refractivity contribution is 6.03. The molecule has 1 N–H and O–H groups in total. The molecule has 1 rings (SSSR count). The topological polar surface area (TPSA) is 76.1 Å². The third-order valence-electron chi connectivity index (χ3n) is 4.79. The second-order valence-corrected chi connectivity index (χ2v) is 9.94. The molecule has 0 bridgehead atoms. The molecule has 0 spiro atoms. The first-order chi connectivity index (χ1) is 14.1. The van der Waals surface area contributed by atoms with Crippen molar-refractivity contribution in [2.24, 2.45) is 5.41 Å². The van der Waals surface area contributed by atoms with Crippen LogP contribution in [0.15, 0.2) is 35.9 Å². The van der Waals surface area contributed by atoms with Crippen molar-refractivity contribution in [2.75, 3.05) is 7.11 Å². The van der Waals surface area contributed by atoms with Gasteiger partial charge >= 0.3 is 6.09 Å². The minimum Gasteiger partial charge on any atom is -0.497 e. The number of methoxy groups -OCH3 is 1. The summed E-state index contributed by atoms with van der Waals surface area (Å²) in [4.78, 5) is 27.9. The van der Waals surface area contributed by atoms with Crippen molar-refractivity contribution < 1.29 is 24.2 Å². The molecular weight excluding hydrogens is 394 g/mol. The first kappa shape index (κ1) is 26.7. The molecule has 0 radical (unpaired) electrons. The number of nitrogens with zero attached hydrogens (tertiary/aromatic N) is 1. The van der Waals surface area contributed by atoms with Crippen molar-refractivity contribution in [1.82, 2.24) is 4.90 Å². The van der Waals surface area contributed by atoms with E-state index in [1.807, 2.05) is 48.5 Å². The predicted molar refractivity (Wildman–Crippen MR) is 123 cm³/mol. The van der Waals surface area contributed by atoms with Gasteiger partial charge < -0.3 is 19.5 Å². The number of carbonyl (C=O) groups is 2. The normalized spacial score (nSPS) is 13.9. The first-order valence-corrected chi connectivity index (χ1v) is 10.7. The van der Waals surface area contributed by atoms with Crippen LogP contribution in [0, 0.1) is 5.41 Å². The molecule has 0 saturated carbocycles. The molecule has 0 saturated heterocycles. The summed E-state index contributed by atoms with van der Waals surface area (Å²) in [5.74, 6) is 0.215. The number of ether oxygens (including phenoxy) is 2. The molecule has 0 heterocycles. The Balaban J connectivity index is 3.30. The zero-order chi connectivity index (χ0) is 24.1. The lowest BCUT2D eigenvalue weighted by Crippen LogP contribution is -2.48. The number of ketones is 1. The smallest absolute Gasteiger partial charge is 0.411 e. The molecule has 1 amide bonds. The summed E-state index contributed by atoms with van der Waals surface area (Å²) in [6.07, 6.45) is 0.0157. The van der Waals surface area contributed by atoms with E-state index in [0.29, 0.717) is 11.3 Å². The molecule has 0 aromatic heterocycles. The fraction of sp³-hybridized carbons (Fsp3) is 0.600. The Kier molecular flexibility index (Phi) is 8.88. The van der Waals surface area contributed by atoms with Crippen LogP contribution in [0.1, 0.15) is 74.0 Å². The minimum atomic E-state index is -1.45. The monoisotopic (exact) mass is 433 g/mol. The summed E-state index contributed by atoms with van der Waals surface area (Å²) < 4.78 is 10.8. The van der Waals surface area contributed by atoms with Crippen molar-refractivity contribution in [3.63, 3.8) is 0 Å². The molecule has 0 aliphatic heterocycles. The number of rotatable bonds is 8. The second-order valence-electron chi connectivity index (χ2n) is 9.94. The van der Waals surface area contributed by atoms with Gasteiger partial charge in [-0.15, -0.1) is 0 Å². The van der Waals surface area contributed by atoms with Crippen LogP contribution in [0.25, 0.3) is 0 Å². The summed E-state index contributed by atoms with van der Waals surface area (Å²) in [5.41, 5.74) is -1.08. The second kappa shape index (κ2) is 10.3. The Labute approximate surface area is 187 Å². The lowest BCUT2D eigenvalue weighted by molar-refractivity contribution is -0.133. The number of amides is 1. The molecule has 31 heavy (non-hydrogen) atoms. The summed E-state index contributed by atoms with van der Waals surface area (Å²) in [6.45, 7) is 16.5. The Morgan fingerprint density at radius 1 is 0.968 bits per heavy atom. The molecular formula is C25H39NO5. The van der Waals surface area contributed by atoms with Crippen molar-refractivity contribution in [2.45, 2.75) is 86.1 Å². The van der Waals surface area contributed by atoms with Crippen LogP contribution in [0.4, 0.5) is 4.79 Å². The maximum Gasteiger partial charge on any atom is 0.411 e. The standard InChI is InChI=1S/C25H39NO5/c1-16(2)26(17(3)4)23(29)31-25(8,9)22(28)20(15-24(5,6)7)21(27)18-11-13-19(30-10)14-12-18/h11-17,21,27H,1-10H3/b20-15-/t21-/m1/s1. The maximum atomic E-state index is 13.5. The number of aliphatic hydroxyl groups excluding tert-OH is 1. The van der Waals surface area contributed by atoms with Crippen LogP contribution >= 0.6 is 0 Å². The van der Waals surface area contributed by atoms with E-state index in [9.17, 15) is 14.7 Å². The van der Waals surface area contributed by atoms with Crippen molar-refractivity contribution in [1.29, 1.82) is 0 Å². The molecule has 0 aliphatic rings. The molecule has 6 nitrogen and oxygen atoms in total. The largest absolute Gasteiger partial charge is 0.497 e. The summed E-state index contributed by atoms with van der Waals surface area (Å²) >= 11 is 0. The van der Waals surface area contributed by atoms with E-state index in [2.05, 4.69) is 0 Å². The van der Waals surface area contributed by atoms with Gasteiger partial charge in [-0.05, 0) is 64.7 Å². The Morgan fingerprint density at radius 2 is 1.45 bits per heavy atom. The number of allylic oxidation sites excluding steroid dienone is 1. The Bertz CT molecular complexity index is 777. The third-order valence-corrected chi connectivity index (χ3v) is 4.79. The van der Waals surface area contributed by atoms with E-state index >= 15 is 0 Å². The zero-order valence-corrected chi connectivity index (χ0v) is 20.6. The molecule has 1 aromatic carbocycles. The summed E-state index contributed by atoms with van der Waals surface area (Å²) in [7, 11) is 1.56. The van der Waals surface area contributed by atoms with E-state index in [1.165, 1.54) is 0 Å². The molecule has 0 aliphatic carbocycles. The third kappa shape index (κ3) is 7.39. The van der Waals surface area contributed by atoms with Gasteiger partial charge in [-0.3, -0.25) is 4.79 Å². The molecule has 174 valence electrons. The van der Waals surface area contributed by atoms with Crippen LogP contribution in [-0.2, 0) is 9.53 Å². The van der Waals surface area contributed by atoms with Crippen LogP contribution < -0.4 is 4.74 Å². The quantitative estimate of drug-likeness (QED) is 0.563. The molecule has 0 unspecified atom stereocenters. The molecule has 1 atom stereocenters. The number of hydrogen-bond acceptors (Lipinski definition) is 5. The van der Waals surface area contributed by atoms with Crippen LogP contribution in [0.3, 0.4) is 0 Å². The minimum absolute atomic E-state index is 0.0760. The van der Waals surface area contributed by atoms with Crippen LogP contribution in [0.2, 0.25) is 0 Å². The summed E-state index contributed by atoms with van der Waals surface area (Å²) in [5, 5.41) is 11.1. The van der Waals surface area contributed by atoms with Gasteiger partial charge in [-0.25, -0.2) is 4.79 Å². The van der Waals surface area contributed by atoms with E-state index in [4.69, 9.17) is 9.47 Å². The van der Waals surface area contributed by atoms with Crippen LogP contribution in [-0.4, -0.2) is 46.7 Å². The molecule has 6 heteroatoms. The first-order valence-electron chi connectivity index (χ1n) is 10.7. The average Bonchev–Trinajstić information content (AvgIpc) is 2.63. The van der Waals surface area contributed by atoms with Gasteiger partial charge in [0.25, 0.3) is 0 Å². The van der Waals surface area contributed by atoms with Crippen molar-refractivity contribution >= 4 is 11.9 Å². The lowest BCUT2D eigenvalue weighted by Gasteiger charge is -2.34. The summed E-state index contributed by atoms with van der Waals surface area (Å²) in [6, 6.07) is 6.73. The number of carbonyl (C=O) groups excluding carboxylic acids is 2. The highest BCUT2D eigenvalue weighted by Crippen LogP contribution is 2.32. The van der Waals surface area contributed by atoms with Gasteiger partial charge in [0.2, 0.25) is 5.78 Å².